The molecule has 9 nitrogen and oxygen atoms in total. The Morgan fingerprint density at radius 2 is 1.75 bits per heavy atom. The van der Waals surface area contributed by atoms with Crippen LogP contribution in [0.1, 0.15) is 5.56 Å². The second-order valence-corrected chi connectivity index (χ2v) is 7.66. The van der Waals surface area contributed by atoms with Gasteiger partial charge in [0.2, 0.25) is 6.10 Å². The maximum absolute atomic E-state index is 12.3. The normalized spacial score (nSPS) is 12.0. The fourth-order valence-electron chi connectivity index (χ4n) is 2.28. The number of carbonyl (C=O) groups is 1. The molecule has 0 saturated carbocycles. The zero-order valence-electron chi connectivity index (χ0n) is 14.5. The number of non-ortho nitro benzene ring substituents is 1. The average Bonchev–Trinajstić information content (AvgIpc) is 2.68. The van der Waals surface area contributed by atoms with Crippen LogP contribution in [0.25, 0.3) is 0 Å². The third-order valence-electron chi connectivity index (χ3n) is 3.71. The third kappa shape index (κ3) is 5.88. The van der Waals surface area contributed by atoms with E-state index in [1.165, 1.54) is 48.5 Å². The summed E-state index contributed by atoms with van der Waals surface area (Å²) in [5.41, 5.74) is 0.608. The molecule has 0 aliphatic heterocycles. The van der Waals surface area contributed by atoms with Crippen molar-refractivity contribution in [2.75, 3.05) is 12.4 Å². The number of hydrogen-bond acceptors (Lipinski definition) is 8. The van der Waals surface area contributed by atoms with Gasteiger partial charge >= 0.3 is 12.4 Å². The van der Waals surface area contributed by atoms with Crippen LogP contribution in [0, 0.1) is 10.1 Å². The van der Waals surface area contributed by atoms with Crippen molar-refractivity contribution in [3.8, 4) is 0 Å². The molecule has 0 aromatic heterocycles. The van der Waals surface area contributed by atoms with Crippen molar-refractivity contribution in [2.45, 2.75) is 17.4 Å². The summed E-state index contributed by atoms with van der Waals surface area (Å²) in [6.45, 7) is 0.944. The Kier molecular flexibility index (Phi) is 7.21. The Bertz CT molecular complexity index is 926. The minimum atomic E-state index is -3.89. The number of nitro groups is 1. The maximum atomic E-state index is 12.3. The average molecular weight is 406 g/mol. The summed E-state index contributed by atoms with van der Waals surface area (Å²) in [7, 11) is -3.89. The van der Waals surface area contributed by atoms with Gasteiger partial charge in [0.05, 0.1) is 16.4 Å². The lowest BCUT2D eigenvalue weighted by Crippen LogP contribution is -2.34. The number of nitrogens with zero attached hydrogens (tertiary/aromatic N) is 1. The molecule has 0 aliphatic carbocycles. The number of nitro benzene ring substituents is 1. The van der Waals surface area contributed by atoms with E-state index in [0.717, 1.165) is 6.47 Å². The highest BCUT2D eigenvalue weighted by Gasteiger charge is 2.29. The van der Waals surface area contributed by atoms with Crippen LogP contribution < -0.4 is 0 Å². The standard InChI is InChI=1S/C18H16NO8S/c20-13-27-17(12-28(24,25)16-4-2-1-3-5-16)18(21)26-11-10-14-6-8-15(9-7-14)19(22)23/h1-9,17H,10-12H2. The summed E-state index contributed by atoms with van der Waals surface area (Å²) < 4.78 is 34.1. The Labute approximate surface area is 161 Å². The first-order valence-corrected chi connectivity index (χ1v) is 9.69. The fraction of sp³-hybridized carbons (Fsp3) is 0.222. The molecule has 1 atom stereocenters. The molecule has 0 N–H and O–H groups in total. The van der Waals surface area contributed by atoms with E-state index in [9.17, 15) is 28.1 Å². The Hall–Kier alpha value is -3.27. The van der Waals surface area contributed by atoms with E-state index in [4.69, 9.17) is 4.74 Å². The summed E-state index contributed by atoms with van der Waals surface area (Å²) in [6, 6.07) is 13.1. The predicted octanol–water partition coefficient (Wildman–Crippen LogP) is 1.61. The van der Waals surface area contributed by atoms with Crippen LogP contribution >= 0.6 is 0 Å². The van der Waals surface area contributed by atoms with Gasteiger partial charge < -0.3 is 9.47 Å². The van der Waals surface area contributed by atoms with Crippen LogP contribution in [0.5, 0.6) is 0 Å². The van der Waals surface area contributed by atoms with Crippen molar-refractivity contribution in [3.05, 3.63) is 70.3 Å². The summed E-state index contributed by atoms with van der Waals surface area (Å²) in [5, 5.41) is 10.6. The molecule has 2 rings (SSSR count). The van der Waals surface area contributed by atoms with Gasteiger partial charge in [0.25, 0.3) is 5.69 Å². The van der Waals surface area contributed by atoms with E-state index in [-0.39, 0.29) is 23.6 Å². The molecule has 0 bridgehead atoms. The Morgan fingerprint density at radius 1 is 1.11 bits per heavy atom. The van der Waals surface area contributed by atoms with Crippen LogP contribution in [0.4, 0.5) is 5.69 Å². The molecule has 10 heteroatoms. The molecule has 0 saturated heterocycles. The largest absolute Gasteiger partial charge is 0.463 e. The number of carbonyl (C=O) groups excluding carboxylic acids is 2. The fourth-order valence-corrected chi connectivity index (χ4v) is 3.65. The summed E-state index contributed by atoms with van der Waals surface area (Å²) in [4.78, 5) is 32.7. The number of sulfone groups is 1. The van der Waals surface area contributed by atoms with Crippen molar-refractivity contribution in [2.24, 2.45) is 0 Å². The van der Waals surface area contributed by atoms with Crippen molar-refractivity contribution in [1.29, 1.82) is 0 Å². The van der Waals surface area contributed by atoms with Crippen LogP contribution in [0.15, 0.2) is 59.5 Å². The van der Waals surface area contributed by atoms with Gasteiger partial charge in [-0.25, -0.2) is 18.0 Å². The number of esters is 1. The highest BCUT2D eigenvalue weighted by atomic mass is 32.2. The van der Waals surface area contributed by atoms with Crippen LogP contribution in [0.3, 0.4) is 0 Å². The summed E-state index contributed by atoms with van der Waals surface area (Å²) in [5.74, 6) is -1.80. The molecular weight excluding hydrogens is 390 g/mol. The molecule has 0 aliphatic rings. The first kappa shape index (κ1) is 21.0. The van der Waals surface area contributed by atoms with E-state index in [0.29, 0.717) is 5.56 Å². The molecule has 1 radical (unpaired) electrons. The molecular formula is C18H16NO8S. The highest BCUT2D eigenvalue weighted by molar-refractivity contribution is 7.91. The first-order valence-electron chi connectivity index (χ1n) is 8.04. The van der Waals surface area contributed by atoms with Gasteiger partial charge in [0, 0.05) is 18.6 Å². The van der Waals surface area contributed by atoms with E-state index in [1.54, 1.807) is 6.07 Å². The van der Waals surface area contributed by atoms with Gasteiger partial charge in [0.1, 0.15) is 5.75 Å². The van der Waals surface area contributed by atoms with Crippen molar-refractivity contribution in [3.63, 3.8) is 0 Å². The highest BCUT2D eigenvalue weighted by Crippen LogP contribution is 2.14. The SMILES string of the molecule is O=[C]OC(CS(=O)(=O)c1ccccc1)C(=O)OCCc1ccc([N+](=O)[O-])cc1. The zero-order valence-corrected chi connectivity index (χ0v) is 15.3. The first-order chi connectivity index (χ1) is 13.3. The van der Waals surface area contributed by atoms with E-state index in [2.05, 4.69) is 4.74 Å². The molecule has 147 valence electrons. The minimum Gasteiger partial charge on any atom is -0.463 e. The van der Waals surface area contributed by atoms with E-state index in [1.807, 2.05) is 0 Å². The summed E-state index contributed by atoms with van der Waals surface area (Å²) >= 11 is 0. The second-order valence-electron chi connectivity index (χ2n) is 5.63. The lowest BCUT2D eigenvalue weighted by atomic mass is 10.1. The van der Waals surface area contributed by atoms with Gasteiger partial charge in [-0.1, -0.05) is 30.3 Å². The maximum Gasteiger partial charge on any atom is 0.418 e. The zero-order chi connectivity index (χ0) is 20.6. The molecule has 28 heavy (non-hydrogen) atoms. The minimum absolute atomic E-state index is 0.0202. The lowest BCUT2D eigenvalue weighted by molar-refractivity contribution is -0.384. The molecule has 2 aromatic carbocycles. The lowest BCUT2D eigenvalue weighted by Gasteiger charge is -2.14. The van der Waals surface area contributed by atoms with Gasteiger partial charge in [-0.05, 0) is 17.7 Å². The molecule has 0 heterocycles. The molecule has 2 aromatic rings. The molecule has 0 amide bonds. The van der Waals surface area contributed by atoms with Crippen molar-refractivity contribution >= 4 is 28.0 Å². The number of benzene rings is 2. The Morgan fingerprint density at radius 3 is 2.32 bits per heavy atom. The van der Waals surface area contributed by atoms with E-state index >= 15 is 0 Å². The quantitative estimate of drug-likeness (QED) is 0.330. The number of ether oxygens (including phenoxy) is 2. The molecule has 0 spiro atoms. The van der Waals surface area contributed by atoms with Gasteiger partial charge in [-0.15, -0.1) is 0 Å². The van der Waals surface area contributed by atoms with Gasteiger partial charge in [-0.3, -0.25) is 10.1 Å². The van der Waals surface area contributed by atoms with Gasteiger partial charge in [0.15, 0.2) is 9.84 Å². The summed E-state index contributed by atoms with van der Waals surface area (Å²) in [6.07, 6.45) is -1.41. The second kappa shape index (κ2) is 9.60. The van der Waals surface area contributed by atoms with Crippen LogP contribution in [-0.4, -0.2) is 44.2 Å². The number of rotatable bonds is 10. The van der Waals surface area contributed by atoms with E-state index < -0.39 is 32.6 Å². The monoisotopic (exact) mass is 406 g/mol. The Balaban J connectivity index is 1.95. The van der Waals surface area contributed by atoms with Crippen molar-refractivity contribution in [1.82, 2.24) is 0 Å². The van der Waals surface area contributed by atoms with Crippen LogP contribution in [-0.2, 0) is 35.3 Å². The topological polar surface area (TPSA) is 130 Å². The smallest absolute Gasteiger partial charge is 0.418 e. The number of hydrogen-bond donors (Lipinski definition) is 0. The predicted molar refractivity (Wildman–Crippen MR) is 96.8 cm³/mol. The van der Waals surface area contributed by atoms with Crippen molar-refractivity contribution < 1.29 is 32.4 Å². The van der Waals surface area contributed by atoms with Crippen LogP contribution in [0.2, 0.25) is 0 Å². The third-order valence-corrected chi connectivity index (χ3v) is 5.44. The van der Waals surface area contributed by atoms with Gasteiger partial charge in [-0.2, -0.15) is 0 Å². The molecule has 1 unspecified atom stereocenters. The molecule has 0 fully saturated rings.